The van der Waals surface area contributed by atoms with Gasteiger partial charge in [0.2, 0.25) is 5.91 Å². The summed E-state index contributed by atoms with van der Waals surface area (Å²) in [5.74, 6) is -1.17. The van der Waals surface area contributed by atoms with Crippen LogP contribution in [-0.4, -0.2) is 30.1 Å². The minimum Gasteiger partial charge on any atom is -0.494 e. The molecule has 12 heteroatoms. The molecule has 4 aromatic rings. The molecule has 3 N–H and O–H groups in total. The zero-order valence-electron chi connectivity index (χ0n) is 23.8. The molecule has 0 fully saturated rings. The molecule has 0 atom stereocenters. The summed E-state index contributed by atoms with van der Waals surface area (Å²) in [4.78, 5) is 39.2. The van der Waals surface area contributed by atoms with Crippen molar-refractivity contribution in [3.8, 4) is 5.75 Å². The molecule has 3 amide bonds. The molecule has 0 spiro atoms. The topological polar surface area (TPSA) is 96.5 Å². The molecule has 0 saturated carbocycles. The second kappa shape index (κ2) is 15.3. The Morgan fingerprint density at radius 2 is 1.58 bits per heavy atom. The molecular formula is C33H27ClF3N3O4S. The fourth-order valence-corrected chi connectivity index (χ4v) is 4.83. The van der Waals surface area contributed by atoms with Gasteiger partial charge in [0.25, 0.3) is 11.8 Å². The first-order valence-electron chi connectivity index (χ1n) is 13.5. The third-order valence-corrected chi connectivity index (χ3v) is 7.32. The Labute approximate surface area is 266 Å². The summed E-state index contributed by atoms with van der Waals surface area (Å²) in [7, 11) is 0. The van der Waals surface area contributed by atoms with E-state index in [4.69, 9.17) is 16.3 Å². The highest BCUT2D eigenvalue weighted by molar-refractivity contribution is 8.00. The van der Waals surface area contributed by atoms with Crippen molar-refractivity contribution in [3.05, 3.63) is 124 Å². The van der Waals surface area contributed by atoms with E-state index in [1.807, 2.05) is 6.92 Å². The van der Waals surface area contributed by atoms with Crippen LogP contribution in [0.25, 0.3) is 6.08 Å². The van der Waals surface area contributed by atoms with E-state index in [0.717, 1.165) is 23.9 Å². The second-order valence-electron chi connectivity index (χ2n) is 9.38. The smallest absolute Gasteiger partial charge is 0.418 e. The zero-order valence-corrected chi connectivity index (χ0v) is 25.4. The van der Waals surface area contributed by atoms with Gasteiger partial charge in [-0.3, -0.25) is 14.4 Å². The van der Waals surface area contributed by atoms with Gasteiger partial charge in [-0.25, -0.2) is 0 Å². The van der Waals surface area contributed by atoms with Crippen molar-refractivity contribution in [2.45, 2.75) is 18.0 Å². The van der Waals surface area contributed by atoms with Crippen molar-refractivity contribution < 1.29 is 32.3 Å². The van der Waals surface area contributed by atoms with Crippen LogP contribution in [0.15, 0.2) is 108 Å². The van der Waals surface area contributed by atoms with E-state index >= 15 is 0 Å². The first-order valence-corrected chi connectivity index (χ1v) is 14.9. The predicted molar refractivity (Wildman–Crippen MR) is 170 cm³/mol. The van der Waals surface area contributed by atoms with E-state index in [0.29, 0.717) is 34.1 Å². The summed E-state index contributed by atoms with van der Waals surface area (Å²) in [5, 5.41) is 7.60. The minimum atomic E-state index is -4.69. The van der Waals surface area contributed by atoms with Crippen molar-refractivity contribution >= 4 is 58.5 Å². The van der Waals surface area contributed by atoms with Gasteiger partial charge >= 0.3 is 6.18 Å². The molecule has 45 heavy (non-hydrogen) atoms. The Morgan fingerprint density at radius 3 is 2.22 bits per heavy atom. The third-order valence-electron chi connectivity index (χ3n) is 6.07. The quantitative estimate of drug-likeness (QED) is 0.113. The number of alkyl halides is 3. The molecule has 7 nitrogen and oxygen atoms in total. The van der Waals surface area contributed by atoms with Crippen molar-refractivity contribution in [2.75, 3.05) is 23.0 Å². The Balaban J connectivity index is 1.41. The largest absolute Gasteiger partial charge is 0.494 e. The second-order valence-corrected chi connectivity index (χ2v) is 10.9. The molecule has 0 aliphatic heterocycles. The third kappa shape index (κ3) is 9.88. The van der Waals surface area contributed by atoms with Gasteiger partial charge in [0.1, 0.15) is 11.4 Å². The van der Waals surface area contributed by atoms with Crippen molar-refractivity contribution in [1.82, 2.24) is 5.32 Å². The van der Waals surface area contributed by atoms with Gasteiger partial charge in [0.05, 0.1) is 23.6 Å². The molecule has 0 aliphatic carbocycles. The van der Waals surface area contributed by atoms with Gasteiger partial charge in [-0.05, 0) is 85.3 Å². The number of halogens is 4. The van der Waals surface area contributed by atoms with Crippen LogP contribution in [0, 0.1) is 0 Å². The number of carbonyl (C=O) groups is 3. The molecule has 0 aromatic heterocycles. The lowest BCUT2D eigenvalue weighted by Crippen LogP contribution is -2.30. The monoisotopic (exact) mass is 653 g/mol. The van der Waals surface area contributed by atoms with Gasteiger partial charge in [0.15, 0.2) is 0 Å². The van der Waals surface area contributed by atoms with Crippen molar-refractivity contribution in [3.63, 3.8) is 0 Å². The van der Waals surface area contributed by atoms with Gasteiger partial charge in [-0.2, -0.15) is 13.2 Å². The number of benzene rings is 4. The summed E-state index contributed by atoms with van der Waals surface area (Å²) < 4.78 is 45.4. The predicted octanol–water partition coefficient (Wildman–Crippen LogP) is 7.90. The maximum atomic E-state index is 13.3. The molecular weight excluding hydrogens is 627 g/mol. The van der Waals surface area contributed by atoms with Crippen LogP contribution in [0.2, 0.25) is 5.02 Å². The van der Waals surface area contributed by atoms with Gasteiger partial charge in [-0.1, -0.05) is 41.9 Å². The standard InChI is InChI=1S/C33H27ClF3N3O4S/c1-2-44-25-13-8-21(9-14-25)18-29(40-31(42)22-6-4-3-5-7-22)32(43)38-24-11-15-26(16-12-24)45-20-30(41)39-28-17-10-23(34)19-27(28)33(35,36)37/h3-19H,2,20H2,1H3,(H,38,43)(H,39,41)(H,40,42)/b29-18-. The summed E-state index contributed by atoms with van der Waals surface area (Å²) >= 11 is 6.79. The van der Waals surface area contributed by atoms with Crippen molar-refractivity contribution in [1.29, 1.82) is 0 Å². The molecule has 0 aliphatic rings. The van der Waals surface area contributed by atoms with E-state index in [9.17, 15) is 27.6 Å². The maximum absolute atomic E-state index is 13.3. The van der Waals surface area contributed by atoms with Gasteiger partial charge in [0, 0.05) is 21.2 Å². The molecule has 0 saturated heterocycles. The fraction of sp³-hybridized carbons (Fsp3) is 0.121. The van der Waals surface area contributed by atoms with E-state index < -0.39 is 29.5 Å². The average molecular weight is 654 g/mol. The van der Waals surface area contributed by atoms with Crippen LogP contribution in [0.1, 0.15) is 28.4 Å². The van der Waals surface area contributed by atoms with Crippen LogP contribution >= 0.6 is 23.4 Å². The summed E-state index contributed by atoms with van der Waals surface area (Å²) in [6.45, 7) is 2.38. The molecule has 4 aromatic carbocycles. The number of ether oxygens (including phenoxy) is 1. The van der Waals surface area contributed by atoms with E-state index in [2.05, 4.69) is 16.0 Å². The lowest BCUT2D eigenvalue weighted by atomic mass is 10.1. The van der Waals surface area contributed by atoms with Crippen LogP contribution in [0.5, 0.6) is 5.75 Å². The Bertz CT molecular complexity index is 1680. The van der Waals surface area contributed by atoms with E-state index in [1.165, 1.54) is 6.07 Å². The molecule has 0 heterocycles. The zero-order chi connectivity index (χ0) is 32.4. The Kier molecular flexibility index (Phi) is 11.3. The highest BCUT2D eigenvalue weighted by Gasteiger charge is 2.34. The molecule has 0 unspecified atom stereocenters. The van der Waals surface area contributed by atoms with Crippen LogP contribution in [0.4, 0.5) is 24.5 Å². The lowest BCUT2D eigenvalue weighted by molar-refractivity contribution is -0.137. The van der Waals surface area contributed by atoms with Crippen LogP contribution in [-0.2, 0) is 15.8 Å². The van der Waals surface area contributed by atoms with Crippen molar-refractivity contribution in [2.24, 2.45) is 0 Å². The lowest BCUT2D eigenvalue weighted by Gasteiger charge is -2.14. The number of amides is 3. The molecule has 232 valence electrons. The highest BCUT2D eigenvalue weighted by atomic mass is 35.5. The van der Waals surface area contributed by atoms with Crippen LogP contribution in [0.3, 0.4) is 0 Å². The SMILES string of the molecule is CCOc1ccc(/C=C(\NC(=O)c2ccccc2)C(=O)Nc2ccc(SCC(=O)Nc3ccc(Cl)cc3C(F)(F)F)cc2)cc1. The normalized spacial score (nSPS) is 11.4. The van der Waals surface area contributed by atoms with E-state index in [-0.39, 0.29) is 22.2 Å². The first-order chi connectivity index (χ1) is 21.5. The Hall–Kier alpha value is -4.74. The maximum Gasteiger partial charge on any atom is 0.418 e. The Morgan fingerprint density at radius 1 is 0.889 bits per heavy atom. The number of thioether (sulfide) groups is 1. The summed E-state index contributed by atoms with van der Waals surface area (Å²) in [5.41, 5.74) is 0.0233. The molecule has 0 bridgehead atoms. The molecule has 0 radical (unpaired) electrons. The number of carbonyl (C=O) groups excluding carboxylic acids is 3. The summed E-state index contributed by atoms with van der Waals surface area (Å²) in [6.07, 6.45) is -3.14. The number of nitrogens with one attached hydrogen (secondary N) is 3. The first kappa shape index (κ1) is 33.2. The fourth-order valence-electron chi connectivity index (χ4n) is 3.96. The number of anilines is 2. The number of hydrogen-bond donors (Lipinski definition) is 3. The van der Waals surface area contributed by atoms with E-state index in [1.54, 1.807) is 84.9 Å². The summed E-state index contributed by atoms with van der Waals surface area (Å²) in [6, 6.07) is 25.1. The number of rotatable bonds is 11. The molecule has 4 rings (SSSR count). The average Bonchev–Trinajstić information content (AvgIpc) is 3.02. The number of hydrogen-bond acceptors (Lipinski definition) is 5. The highest BCUT2D eigenvalue weighted by Crippen LogP contribution is 2.36. The minimum absolute atomic E-state index is 0.00330. The van der Waals surface area contributed by atoms with Crippen LogP contribution < -0.4 is 20.7 Å². The van der Waals surface area contributed by atoms with Gasteiger partial charge < -0.3 is 20.7 Å². The van der Waals surface area contributed by atoms with Gasteiger partial charge in [-0.15, -0.1) is 11.8 Å².